The van der Waals surface area contributed by atoms with Crippen molar-refractivity contribution in [2.45, 2.75) is 0 Å². The second kappa shape index (κ2) is 6.60. The Kier molecular flexibility index (Phi) is 3.98. The van der Waals surface area contributed by atoms with Gasteiger partial charge in [-0.2, -0.15) is 5.21 Å². The Balaban J connectivity index is 1.91. The first-order valence-corrected chi connectivity index (χ1v) is 7.78. The Morgan fingerprint density at radius 2 is 2.00 bits per heavy atom. The van der Waals surface area contributed by atoms with Crippen molar-refractivity contribution in [3.8, 4) is 17.0 Å². The van der Waals surface area contributed by atoms with Crippen LogP contribution in [0.2, 0.25) is 0 Å². The summed E-state index contributed by atoms with van der Waals surface area (Å²) in [5, 5.41) is 26.5. The van der Waals surface area contributed by atoms with Gasteiger partial charge in [-0.05, 0) is 40.9 Å². The first-order chi connectivity index (χ1) is 12.7. The van der Waals surface area contributed by atoms with E-state index in [0.717, 1.165) is 5.56 Å². The van der Waals surface area contributed by atoms with E-state index in [1.807, 2.05) is 48.5 Å². The highest BCUT2D eigenvalue weighted by Crippen LogP contribution is 2.27. The molecule has 0 spiro atoms. The second-order valence-corrected chi connectivity index (χ2v) is 5.43. The van der Waals surface area contributed by atoms with E-state index in [9.17, 15) is 5.11 Å². The van der Waals surface area contributed by atoms with Crippen molar-refractivity contribution in [1.82, 2.24) is 25.6 Å². The SMILES string of the molecule is COc1cccc(-c2cc(C([O-])=Nc3nn[nH]n3)c3ccccc3n2)c1. The van der Waals surface area contributed by atoms with Crippen molar-refractivity contribution in [1.29, 1.82) is 0 Å². The van der Waals surface area contributed by atoms with Crippen LogP contribution in [0, 0.1) is 0 Å². The van der Waals surface area contributed by atoms with Crippen molar-refractivity contribution in [2.24, 2.45) is 4.99 Å². The van der Waals surface area contributed by atoms with Gasteiger partial charge in [0.2, 0.25) is 0 Å². The van der Waals surface area contributed by atoms with Gasteiger partial charge in [-0.3, -0.25) is 0 Å². The van der Waals surface area contributed by atoms with Gasteiger partial charge < -0.3 is 9.84 Å². The van der Waals surface area contributed by atoms with Crippen LogP contribution in [0.5, 0.6) is 5.75 Å². The molecular formula is C18H13N6O2-. The normalized spacial score (nSPS) is 11.7. The number of aromatic amines is 1. The summed E-state index contributed by atoms with van der Waals surface area (Å²) in [6.45, 7) is 0. The topological polar surface area (TPSA) is 112 Å². The van der Waals surface area contributed by atoms with Gasteiger partial charge in [-0.1, -0.05) is 35.4 Å². The maximum Gasteiger partial charge on any atom is 0.288 e. The van der Waals surface area contributed by atoms with Gasteiger partial charge in [0, 0.05) is 10.9 Å². The zero-order valence-corrected chi connectivity index (χ0v) is 13.7. The lowest BCUT2D eigenvalue weighted by Crippen LogP contribution is -2.19. The summed E-state index contributed by atoms with van der Waals surface area (Å²) in [5.41, 5.74) is 2.59. The molecule has 8 nitrogen and oxygen atoms in total. The van der Waals surface area contributed by atoms with Crippen molar-refractivity contribution < 1.29 is 9.84 Å². The number of nitrogens with one attached hydrogen (secondary N) is 1. The van der Waals surface area contributed by atoms with Gasteiger partial charge >= 0.3 is 0 Å². The number of nitrogens with zero attached hydrogens (tertiary/aromatic N) is 5. The molecule has 2 aromatic carbocycles. The molecule has 0 fully saturated rings. The predicted molar refractivity (Wildman–Crippen MR) is 94.1 cm³/mol. The van der Waals surface area contributed by atoms with Crippen LogP contribution < -0.4 is 9.84 Å². The molecule has 1 N–H and O–H groups in total. The molecule has 0 saturated heterocycles. The molecule has 0 radical (unpaired) electrons. The van der Waals surface area contributed by atoms with Crippen LogP contribution in [0.3, 0.4) is 0 Å². The average Bonchev–Trinajstić information content (AvgIpc) is 3.20. The van der Waals surface area contributed by atoms with Crippen LogP contribution in [-0.2, 0) is 0 Å². The summed E-state index contributed by atoms with van der Waals surface area (Å²) in [6.07, 6.45) is 0. The molecule has 2 heterocycles. The molecule has 0 atom stereocenters. The second-order valence-electron chi connectivity index (χ2n) is 5.43. The number of ether oxygens (including phenoxy) is 1. The van der Waals surface area contributed by atoms with E-state index in [2.05, 4.69) is 30.6 Å². The number of pyridine rings is 1. The summed E-state index contributed by atoms with van der Waals surface area (Å²) in [4.78, 5) is 8.56. The Labute approximate surface area is 148 Å². The third-order valence-corrected chi connectivity index (χ3v) is 3.85. The summed E-state index contributed by atoms with van der Waals surface area (Å²) >= 11 is 0. The highest BCUT2D eigenvalue weighted by Gasteiger charge is 2.09. The first-order valence-electron chi connectivity index (χ1n) is 7.78. The van der Waals surface area contributed by atoms with Crippen LogP contribution in [0.1, 0.15) is 5.56 Å². The maximum atomic E-state index is 12.7. The van der Waals surface area contributed by atoms with Gasteiger partial charge in [0.05, 0.1) is 18.3 Å². The van der Waals surface area contributed by atoms with Crippen LogP contribution in [-0.4, -0.2) is 38.6 Å². The number of benzene rings is 2. The van der Waals surface area contributed by atoms with Gasteiger partial charge in [-0.15, -0.1) is 5.10 Å². The molecule has 0 aliphatic carbocycles. The molecule has 0 amide bonds. The number of aromatic nitrogens is 5. The monoisotopic (exact) mass is 345 g/mol. The van der Waals surface area contributed by atoms with Crippen LogP contribution in [0.4, 0.5) is 5.95 Å². The minimum atomic E-state index is -0.464. The van der Waals surface area contributed by atoms with Gasteiger partial charge in [0.15, 0.2) is 0 Å². The summed E-state index contributed by atoms with van der Waals surface area (Å²) in [6, 6.07) is 16.6. The van der Waals surface area contributed by atoms with E-state index in [1.54, 1.807) is 13.2 Å². The van der Waals surface area contributed by atoms with E-state index in [1.165, 1.54) is 0 Å². The van der Waals surface area contributed by atoms with E-state index in [4.69, 9.17) is 4.74 Å². The number of fused-ring (bicyclic) bond motifs is 1. The first kappa shape index (κ1) is 15.7. The lowest BCUT2D eigenvalue weighted by atomic mass is 10.0. The number of methoxy groups -OCH3 is 1. The molecule has 26 heavy (non-hydrogen) atoms. The summed E-state index contributed by atoms with van der Waals surface area (Å²) < 4.78 is 5.27. The average molecular weight is 345 g/mol. The van der Waals surface area contributed by atoms with Gasteiger partial charge in [0.25, 0.3) is 5.95 Å². The Morgan fingerprint density at radius 1 is 1.12 bits per heavy atom. The fourth-order valence-electron chi connectivity index (χ4n) is 2.64. The quantitative estimate of drug-likeness (QED) is 0.446. The summed E-state index contributed by atoms with van der Waals surface area (Å²) in [7, 11) is 1.60. The summed E-state index contributed by atoms with van der Waals surface area (Å²) in [5.74, 6) is 0.231. The molecule has 2 aromatic heterocycles. The Morgan fingerprint density at radius 3 is 2.81 bits per heavy atom. The van der Waals surface area contributed by atoms with Crippen molar-refractivity contribution in [3.63, 3.8) is 0 Å². The molecule has 4 rings (SSSR count). The Bertz CT molecular complexity index is 1090. The lowest BCUT2D eigenvalue weighted by molar-refractivity contribution is -0.212. The maximum absolute atomic E-state index is 12.7. The number of para-hydroxylation sites is 1. The number of H-pyrrole nitrogens is 1. The van der Waals surface area contributed by atoms with E-state index in [0.29, 0.717) is 27.9 Å². The number of tetrazole rings is 1. The number of hydrogen-bond acceptors (Lipinski definition) is 7. The fraction of sp³-hybridized carbons (Fsp3) is 0.0556. The highest BCUT2D eigenvalue weighted by molar-refractivity contribution is 6.05. The van der Waals surface area contributed by atoms with E-state index >= 15 is 0 Å². The van der Waals surface area contributed by atoms with Gasteiger partial charge in [0.1, 0.15) is 5.75 Å². The minimum absolute atomic E-state index is 0.0150. The smallest absolute Gasteiger partial charge is 0.288 e. The van der Waals surface area contributed by atoms with Crippen LogP contribution in [0.25, 0.3) is 22.2 Å². The number of aliphatic imine (C=N–C) groups is 1. The van der Waals surface area contributed by atoms with Gasteiger partial charge in [-0.25, -0.2) is 9.98 Å². The minimum Gasteiger partial charge on any atom is -0.858 e. The highest BCUT2D eigenvalue weighted by atomic mass is 16.5. The molecule has 128 valence electrons. The molecule has 0 saturated carbocycles. The largest absolute Gasteiger partial charge is 0.858 e. The zero-order chi connectivity index (χ0) is 17.9. The number of hydrogen-bond donors (Lipinski definition) is 1. The van der Waals surface area contributed by atoms with E-state index < -0.39 is 5.90 Å². The molecule has 4 aromatic rings. The van der Waals surface area contributed by atoms with Crippen LogP contribution in [0.15, 0.2) is 59.6 Å². The van der Waals surface area contributed by atoms with E-state index in [-0.39, 0.29) is 5.95 Å². The molecule has 0 bridgehead atoms. The number of rotatable bonds is 4. The van der Waals surface area contributed by atoms with Crippen molar-refractivity contribution in [3.05, 3.63) is 60.2 Å². The fourth-order valence-corrected chi connectivity index (χ4v) is 2.64. The molecule has 0 aliphatic heterocycles. The Hall–Kier alpha value is -3.81. The molecule has 8 heteroatoms. The zero-order valence-electron chi connectivity index (χ0n) is 13.7. The molecular weight excluding hydrogens is 332 g/mol. The standard InChI is InChI=1S/C18H14N6O2/c1-26-12-6-4-5-11(9-12)16-10-14(13-7-2-3-8-15(13)19-16)17(25)20-18-21-23-24-22-18/h2-10H,1H3,(H2,20,21,22,23,24,25)/p-1. The lowest BCUT2D eigenvalue weighted by Gasteiger charge is -2.15. The van der Waals surface area contributed by atoms with Crippen molar-refractivity contribution in [2.75, 3.05) is 7.11 Å². The van der Waals surface area contributed by atoms with Crippen LogP contribution >= 0.6 is 0 Å². The molecule has 0 aliphatic rings. The third kappa shape index (κ3) is 2.95. The van der Waals surface area contributed by atoms with Crippen molar-refractivity contribution >= 4 is 22.7 Å². The predicted octanol–water partition coefficient (Wildman–Crippen LogP) is 1.86. The molecule has 0 unspecified atom stereocenters. The third-order valence-electron chi connectivity index (χ3n) is 3.85.